The van der Waals surface area contributed by atoms with Crippen LogP contribution in [0.15, 0.2) is 46.1 Å². The second-order valence-electron chi connectivity index (χ2n) is 5.30. The molecule has 0 aliphatic carbocycles. The fraction of sp³-hybridized carbons (Fsp3) is 0.167. The van der Waals surface area contributed by atoms with Gasteiger partial charge < -0.3 is 18.6 Å². The Morgan fingerprint density at radius 3 is 2.52 bits per heavy atom. The number of methoxy groups -OCH3 is 3. The van der Waals surface area contributed by atoms with Gasteiger partial charge >= 0.3 is 0 Å². The minimum absolute atomic E-state index is 0.184. The molecule has 3 rings (SSSR count). The molecular formula is C18H18N4O5. The number of carbonyl (C=O) groups is 1. The zero-order chi connectivity index (χ0) is 19.2. The Morgan fingerprint density at radius 1 is 1.19 bits per heavy atom. The van der Waals surface area contributed by atoms with E-state index in [1.54, 1.807) is 30.3 Å². The monoisotopic (exact) mass is 370 g/mol. The van der Waals surface area contributed by atoms with E-state index >= 15 is 0 Å². The van der Waals surface area contributed by atoms with E-state index in [0.29, 0.717) is 34.3 Å². The zero-order valence-corrected chi connectivity index (χ0v) is 15.0. The van der Waals surface area contributed by atoms with Crippen molar-refractivity contribution in [3.8, 4) is 28.7 Å². The number of carbonyl (C=O) groups excluding carboxylic acids is 1. The zero-order valence-electron chi connectivity index (χ0n) is 15.0. The van der Waals surface area contributed by atoms with Crippen molar-refractivity contribution in [3.63, 3.8) is 0 Å². The maximum Gasteiger partial charge on any atom is 0.291 e. The molecule has 9 nitrogen and oxygen atoms in total. The van der Waals surface area contributed by atoms with Gasteiger partial charge in [-0.15, -0.1) is 0 Å². The molecule has 9 heteroatoms. The number of aromatic nitrogens is 2. The van der Waals surface area contributed by atoms with Gasteiger partial charge in [-0.25, -0.2) is 5.43 Å². The number of benzene rings is 1. The summed E-state index contributed by atoms with van der Waals surface area (Å²) in [5, 5.41) is 10.6. The molecule has 0 aliphatic heterocycles. The molecule has 2 heterocycles. The number of hydrogen-bond donors (Lipinski definition) is 2. The van der Waals surface area contributed by atoms with Gasteiger partial charge in [-0.05, 0) is 24.3 Å². The molecule has 0 unspecified atom stereocenters. The van der Waals surface area contributed by atoms with Crippen LogP contribution in [0.5, 0.6) is 17.2 Å². The van der Waals surface area contributed by atoms with Crippen LogP contribution in [0.1, 0.15) is 16.1 Å². The Bertz CT molecular complexity index is 922. The number of ether oxygens (including phenoxy) is 3. The molecule has 27 heavy (non-hydrogen) atoms. The lowest BCUT2D eigenvalue weighted by Gasteiger charge is -2.12. The average molecular weight is 370 g/mol. The van der Waals surface area contributed by atoms with E-state index in [1.807, 2.05) is 0 Å². The third kappa shape index (κ3) is 3.92. The Hall–Kier alpha value is -3.75. The van der Waals surface area contributed by atoms with E-state index in [-0.39, 0.29) is 5.69 Å². The van der Waals surface area contributed by atoms with Crippen molar-refractivity contribution < 1.29 is 23.4 Å². The summed E-state index contributed by atoms with van der Waals surface area (Å²) in [6.07, 6.45) is 3.00. The standard InChI is InChI=1S/C18H18N4O5/c1-24-15-7-11(8-16(25-2)17(15)26-3)10-19-22-18(23)13-9-12(20-21-13)14-5-4-6-27-14/h4-10H,1-3H3,(H,20,21)(H,22,23). The van der Waals surface area contributed by atoms with Gasteiger partial charge in [0.25, 0.3) is 5.91 Å². The van der Waals surface area contributed by atoms with Crippen LogP contribution in [0.3, 0.4) is 0 Å². The molecule has 0 atom stereocenters. The fourth-order valence-corrected chi connectivity index (χ4v) is 2.39. The van der Waals surface area contributed by atoms with E-state index in [9.17, 15) is 4.79 Å². The van der Waals surface area contributed by atoms with Crippen molar-refractivity contribution in [2.45, 2.75) is 0 Å². The molecule has 0 radical (unpaired) electrons. The Kier molecular flexibility index (Phi) is 5.41. The minimum atomic E-state index is -0.465. The molecule has 0 fully saturated rings. The lowest BCUT2D eigenvalue weighted by atomic mass is 10.2. The molecule has 2 aromatic heterocycles. The Balaban J connectivity index is 1.71. The number of H-pyrrole nitrogens is 1. The molecule has 0 bridgehead atoms. The Morgan fingerprint density at radius 2 is 1.93 bits per heavy atom. The molecule has 0 saturated carbocycles. The topological polar surface area (TPSA) is 111 Å². The van der Waals surface area contributed by atoms with Gasteiger partial charge in [-0.3, -0.25) is 9.89 Å². The predicted molar refractivity (Wildman–Crippen MR) is 97.4 cm³/mol. The first-order valence-corrected chi connectivity index (χ1v) is 7.89. The number of nitrogens with zero attached hydrogens (tertiary/aromatic N) is 2. The third-order valence-electron chi connectivity index (χ3n) is 3.66. The van der Waals surface area contributed by atoms with Crippen molar-refractivity contribution in [1.29, 1.82) is 0 Å². The molecule has 1 amide bonds. The second-order valence-corrected chi connectivity index (χ2v) is 5.30. The number of hydrazone groups is 1. The molecule has 140 valence electrons. The quantitative estimate of drug-likeness (QED) is 0.488. The van der Waals surface area contributed by atoms with Gasteiger partial charge in [0.15, 0.2) is 23.0 Å². The van der Waals surface area contributed by atoms with E-state index in [2.05, 4.69) is 20.7 Å². The predicted octanol–water partition coefficient (Wildman–Crippen LogP) is 2.46. The highest BCUT2D eigenvalue weighted by atomic mass is 16.5. The average Bonchev–Trinajstić information content (AvgIpc) is 3.38. The van der Waals surface area contributed by atoms with Crippen molar-refractivity contribution in [2.24, 2.45) is 5.10 Å². The van der Waals surface area contributed by atoms with Crippen LogP contribution in [0.4, 0.5) is 0 Å². The van der Waals surface area contributed by atoms with Gasteiger partial charge in [0.1, 0.15) is 5.69 Å². The maximum atomic E-state index is 12.2. The summed E-state index contributed by atoms with van der Waals surface area (Å²) in [5.74, 6) is 1.57. The van der Waals surface area contributed by atoms with E-state index in [0.717, 1.165) is 0 Å². The van der Waals surface area contributed by atoms with Crippen LogP contribution in [-0.2, 0) is 0 Å². The van der Waals surface area contributed by atoms with Gasteiger partial charge in [-0.1, -0.05) is 0 Å². The highest BCUT2D eigenvalue weighted by Crippen LogP contribution is 2.37. The number of rotatable bonds is 7. The lowest BCUT2D eigenvalue weighted by molar-refractivity contribution is 0.0950. The number of nitrogens with one attached hydrogen (secondary N) is 2. The summed E-state index contributed by atoms with van der Waals surface area (Å²) < 4.78 is 21.1. The molecule has 1 aromatic carbocycles. The van der Waals surface area contributed by atoms with Crippen LogP contribution in [0.2, 0.25) is 0 Å². The summed E-state index contributed by atoms with van der Waals surface area (Å²) in [4.78, 5) is 12.2. The number of furan rings is 1. The summed E-state index contributed by atoms with van der Waals surface area (Å²) in [7, 11) is 4.57. The molecule has 0 saturated heterocycles. The fourth-order valence-electron chi connectivity index (χ4n) is 2.39. The third-order valence-corrected chi connectivity index (χ3v) is 3.66. The van der Waals surface area contributed by atoms with Gasteiger partial charge in [0.05, 0.1) is 33.8 Å². The van der Waals surface area contributed by atoms with E-state index in [1.165, 1.54) is 33.8 Å². The van der Waals surface area contributed by atoms with Gasteiger partial charge in [0.2, 0.25) is 5.75 Å². The maximum absolute atomic E-state index is 12.2. The van der Waals surface area contributed by atoms with Gasteiger partial charge in [-0.2, -0.15) is 10.2 Å². The largest absolute Gasteiger partial charge is 0.493 e. The number of amides is 1. The molecule has 0 spiro atoms. The number of aromatic amines is 1. The van der Waals surface area contributed by atoms with Crippen LogP contribution >= 0.6 is 0 Å². The first-order valence-electron chi connectivity index (χ1n) is 7.89. The second kappa shape index (κ2) is 8.09. The van der Waals surface area contributed by atoms with Crippen molar-refractivity contribution in [1.82, 2.24) is 15.6 Å². The summed E-state index contributed by atoms with van der Waals surface area (Å²) in [6, 6.07) is 8.50. The summed E-state index contributed by atoms with van der Waals surface area (Å²) in [5.41, 5.74) is 3.85. The molecule has 2 N–H and O–H groups in total. The molecule has 0 aliphatic rings. The van der Waals surface area contributed by atoms with Crippen molar-refractivity contribution >= 4 is 12.1 Å². The van der Waals surface area contributed by atoms with Crippen molar-refractivity contribution in [3.05, 3.63) is 47.9 Å². The SMILES string of the molecule is COc1cc(C=NNC(=O)c2cc(-c3ccco3)[nH]n2)cc(OC)c1OC. The molecular weight excluding hydrogens is 352 g/mol. The highest BCUT2D eigenvalue weighted by Gasteiger charge is 2.13. The van der Waals surface area contributed by atoms with Crippen LogP contribution < -0.4 is 19.6 Å². The highest BCUT2D eigenvalue weighted by molar-refractivity contribution is 5.94. The van der Waals surface area contributed by atoms with E-state index in [4.69, 9.17) is 18.6 Å². The number of hydrogen-bond acceptors (Lipinski definition) is 7. The first-order chi connectivity index (χ1) is 13.2. The summed E-state index contributed by atoms with van der Waals surface area (Å²) >= 11 is 0. The van der Waals surface area contributed by atoms with Crippen LogP contribution in [-0.4, -0.2) is 43.6 Å². The van der Waals surface area contributed by atoms with Crippen LogP contribution in [0.25, 0.3) is 11.5 Å². The summed E-state index contributed by atoms with van der Waals surface area (Å²) in [6.45, 7) is 0. The molecule has 3 aromatic rings. The van der Waals surface area contributed by atoms with E-state index < -0.39 is 5.91 Å². The smallest absolute Gasteiger partial charge is 0.291 e. The Labute approximate surface area is 154 Å². The lowest BCUT2D eigenvalue weighted by Crippen LogP contribution is -2.18. The minimum Gasteiger partial charge on any atom is -0.493 e. The first kappa shape index (κ1) is 18.1. The van der Waals surface area contributed by atoms with Crippen LogP contribution in [0, 0.1) is 0 Å². The normalized spacial score (nSPS) is 10.8. The van der Waals surface area contributed by atoms with Crippen molar-refractivity contribution in [2.75, 3.05) is 21.3 Å². The van der Waals surface area contributed by atoms with Gasteiger partial charge in [0, 0.05) is 11.6 Å².